The molecular formula is C37H44N4O7. The first kappa shape index (κ1) is 33.4. The van der Waals surface area contributed by atoms with E-state index in [1.54, 1.807) is 24.0 Å². The Balaban J connectivity index is 1.41. The van der Waals surface area contributed by atoms with E-state index in [-0.39, 0.29) is 32.0 Å². The maximum Gasteiger partial charge on any atom is 0.313 e. The Morgan fingerprint density at radius 3 is 2.40 bits per heavy atom. The highest BCUT2D eigenvalue weighted by Gasteiger charge is 2.73. The number of ether oxygens (including phenoxy) is 2. The molecule has 5 bridgehead atoms. The van der Waals surface area contributed by atoms with Crippen molar-refractivity contribution in [3.05, 3.63) is 84.5 Å². The molecule has 2 saturated heterocycles. The molecule has 4 heterocycles. The van der Waals surface area contributed by atoms with Crippen LogP contribution < -0.4 is 15.1 Å². The van der Waals surface area contributed by atoms with Crippen molar-refractivity contribution in [2.45, 2.75) is 63.5 Å². The lowest BCUT2D eigenvalue weighted by Gasteiger charge is -2.35. The van der Waals surface area contributed by atoms with Crippen molar-refractivity contribution in [3.63, 3.8) is 0 Å². The molecule has 2 fully saturated rings. The van der Waals surface area contributed by atoms with Gasteiger partial charge in [-0.15, -0.1) is 0 Å². The van der Waals surface area contributed by atoms with Crippen LogP contribution in [-0.4, -0.2) is 90.3 Å². The number of carbonyl (C=O) groups excluding carboxylic acids is 4. The maximum absolute atomic E-state index is 14.8. The third-order valence-corrected chi connectivity index (χ3v) is 9.98. The van der Waals surface area contributed by atoms with Crippen LogP contribution in [0.25, 0.3) is 0 Å². The number of anilines is 2. The van der Waals surface area contributed by atoms with E-state index < -0.39 is 59.5 Å². The molecule has 2 aromatic carbocycles. The Morgan fingerprint density at radius 1 is 0.979 bits per heavy atom. The van der Waals surface area contributed by atoms with E-state index in [4.69, 9.17) is 9.47 Å². The van der Waals surface area contributed by atoms with Crippen LogP contribution in [0, 0.1) is 11.8 Å². The van der Waals surface area contributed by atoms with Gasteiger partial charge in [-0.3, -0.25) is 19.2 Å². The Labute approximate surface area is 281 Å². The number of nitrogens with one attached hydrogen (secondary N) is 1. The van der Waals surface area contributed by atoms with Gasteiger partial charge in [-0.2, -0.15) is 0 Å². The summed E-state index contributed by atoms with van der Waals surface area (Å²) < 4.78 is 12.7. The van der Waals surface area contributed by atoms with Crippen LogP contribution in [0.2, 0.25) is 0 Å². The van der Waals surface area contributed by atoms with Crippen LogP contribution in [0.4, 0.5) is 11.4 Å². The number of aliphatic hydroxyl groups excluding tert-OH is 1. The highest BCUT2D eigenvalue weighted by molar-refractivity contribution is 6.05. The summed E-state index contributed by atoms with van der Waals surface area (Å²) in [6.07, 6.45) is 6.21. The number of β-amino-alcohol motifs (C(OH)–C–C–N with tert-alkyl or cyclic N) is 1. The molecule has 11 heteroatoms. The Morgan fingerprint density at radius 2 is 1.71 bits per heavy atom. The normalized spacial score (nSPS) is 31.1. The molecule has 0 aromatic heterocycles. The van der Waals surface area contributed by atoms with Crippen molar-refractivity contribution >= 4 is 35.1 Å². The number of cyclic esters (lactones) is 1. The topological polar surface area (TPSA) is 129 Å². The van der Waals surface area contributed by atoms with Gasteiger partial charge >= 0.3 is 5.97 Å². The lowest BCUT2D eigenvalue weighted by atomic mass is 9.74. The van der Waals surface area contributed by atoms with Gasteiger partial charge in [0.1, 0.15) is 23.7 Å². The van der Waals surface area contributed by atoms with Crippen LogP contribution >= 0.6 is 0 Å². The summed E-state index contributed by atoms with van der Waals surface area (Å²) in [6, 6.07) is 15.2. The van der Waals surface area contributed by atoms with Gasteiger partial charge in [0.15, 0.2) is 0 Å². The van der Waals surface area contributed by atoms with E-state index in [1.165, 1.54) is 4.90 Å². The van der Waals surface area contributed by atoms with Crippen LogP contribution in [0.5, 0.6) is 0 Å². The molecule has 4 aliphatic rings. The zero-order chi connectivity index (χ0) is 34.0. The van der Waals surface area contributed by atoms with Crippen LogP contribution in [0.15, 0.2) is 78.9 Å². The van der Waals surface area contributed by atoms with Crippen molar-refractivity contribution in [2.75, 3.05) is 42.6 Å². The van der Waals surface area contributed by atoms with E-state index in [0.717, 1.165) is 18.8 Å². The zero-order valence-electron chi connectivity index (χ0n) is 27.7. The molecule has 2 aromatic rings. The van der Waals surface area contributed by atoms with Crippen molar-refractivity contribution in [2.24, 2.45) is 11.8 Å². The summed E-state index contributed by atoms with van der Waals surface area (Å²) in [5, 5.41) is 13.0. The highest BCUT2D eigenvalue weighted by atomic mass is 16.6. The monoisotopic (exact) mass is 656 g/mol. The second kappa shape index (κ2) is 13.9. The number of likely N-dealkylation sites (tertiary alicyclic amines) is 1. The minimum atomic E-state index is -1.42. The number of rotatable bonds is 7. The molecular weight excluding hydrogens is 612 g/mol. The maximum atomic E-state index is 14.8. The van der Waals surface area contributed by atoms with Crippen molar-refractivity contribution in [3.8, 4) is 0 Å². The van der Waals surface area contributed by atoms with Crippen molar-refractivity contribution < 1.29 is 33.8 Å². The number of hydrogen-bond acceptors (Lipinski definition) is 8. The van der Waals surface area contributed by atoms with Crippen LogP contribution in [0.3, 0.4) is 0 Å². The Bertz CT molecular complexity index is 1570. The molecule has 0 saturated carbocycles. The Kier molecular flexibility index (Phi) is 9.70. The minimum Gasteiger partial charge on any atom is -0.455 e. The molecule has 1 spiro atoms. The van der Waals surface area contributed by atoms with Gasteiger partial charge in [0, 0.05) is 44.0 Å². The zero-order valence-corrected chi connectivity index (χ0v) is 27.7. The molecule has 4 aliphatic heterocycles. The van der Waals surface area contributed by atoms with E-state index in [1.807, 2.05) is 66.7 Å². The number of fused-ring (bicyclic) bond motifs is 2. The first-order valence-corrected chi connectivity index (χ1v) is 16.9. The van der Waals surface area contributed by atoms with Crippen LogP contribution in [0.1, 0.15) is 45.3 Å². The number of hydrogen-bond donors (Lipinski definition) is 2. The molecule has 3 amide bonds. The molecule has 2 N–H and O–H groups in total. The molecule has 0 radical (unpaired) electrons. The van der Waals surface area contributed by atoms with Gasteiger partial charge in [0.25, 0.3) is 5.91 Å². The number of aliphatic hydroxyl groups is 1. The Hall–Kier alpha value is -4.48. The summed E-state index contributed by atoms with van der Waals surface area (Å²) in [5.74, 6) is -3.73. The van der Waals surface area contributed by atoms with Crippen molar-refractivity contribution in [1.29, 1.82) is 0 Å². The molecule has 7 atom stereocenters. The van der Waals surface area contributed by atoms with E-state index in [2.05, 4.69) is 24.1 Å². The fourth-order valence-electron chi connectivity index (χ4n) is 7.69. The number of nitrogens with zero attached hydrogens (tertiary/aromatic N) is 3. The molecule has 0 unspecified atom stereocenters. The fourth-order valence-corrected chi connectivity index (χ4v) is 7.69. The second-order valence-corrected chi connectivity index (χ2v) is 12.7. The van der Waals surface area contributed by atoms with Crippen molar-refractivity contribution in [1.82, 2.24) is 10.2 Å². The van der Waals surface area contributed by atoms with E-state index in [0.29, 0.717) is 17.7 Å². The summed E-state index contributed by atoms with van der Waals surface area (Å²) >= 11 is 0. The molecule has 254 valence electrons. The minimum absolute atomic E-state index is 0.0998. The summed E-state index contributed by atoms with van der Waals surface area (Å²) in [6.45, 7) is 7.32. The average Bonchev–Trinajstić information content (AvgIpc) is 3.73. The number of allylic oxidation sites excluding steroid dienone is 1. The van der Waals surface area contributed by atoms with Gasteiger partial charge in [-0.1, -0.05) is 54.6 Å². The lowest BCUT2D eigenvalue weighted by Crippen LogP contribution is -2.56. The van der Waals surface area contributed by atoms with E-state index >= 15 is 0 Å². The van der Waals surface area contributed by atoms with Gasteiger partial charge in [0.05, 0.1) is 24.7 Å². The number of benzene rings is 2. The standard InChI is InChI=1S/C37H44N4O7/c1-4-39(5-2)26-15-17-27(18-16-26)40-21-11-7-10-14-29(43)38-24(3)32(25-12-8-6-9-13-25)47-36(46)30-28-19-20-37(48-28)31(30)34(44)41(22-23-42)33(37)35(40)45/h6-9,11-13,15-20,24,28,30-33,42H,4-5,10,14,21-23H2,1-3H3,(H,38,43)/b11-7-/t24-,28+,30-,31-,32+,33+,37-/m1/s1. The average molecular weight is 657 g/mol. The van der Waals surface area contributed by atoms with Gasteiger partial charge in [-0.05, 0) is 57.0 Å². The summed E-state index contributed by atoms with van der Waals surface area (Å²) in [4.78, 5) is 61.4. The molecule has 11 nitrogen and oxygen atoms in total. The molecule has 0 aliphatic carbocycles. The number of amides is 3. The first-order valence-electron chi connectivity index (χ1n) is 16.9. The third kappa shape index (κ3) is 5.90. The SMILES string of the molecule is CCN(CC)c1ccc(N2C/C=C\CCC(=O)N[C@H](C)[C@@H](c3ccccc3)OC(=O)[C@@H]3[C@@H]4C=C[C@]5(O4)[C@H](C2=O)N(CCO)C(=O)[C@@H]35)cc1. The van der Waals surface area contributed by atoms with Gasteiger partial charge in [0.2, 0.25) is 11.8 Å². The fraction of sp³-hybridized carbons (Fsp3) is 0.459. The molecule has 6 rings (SSSR count). The molecule has 48 heavy (non-hydrogen) atoms. The number of carbonyl (C=O) groups is 4. The predicted octanol–water partition coefficient (Wildman–Crippen LogP) is 3.15. The van der Waals surface area contributed by atoms with Gasteiger partial charge in [-0.25, -0.2) is 0 Å². The number of esters is 1. The van der Waals surface area contributed by atoms with Gasteiger partial charge < -0.3 is 34.6 Å². The second-order valence-electron chi connectivity index (χ2n) is 12.7. The third-order valence-electron chi connectivity index (χ3n) is 9.98. The lowest BCUT2D eigenvalue weighted by molar-refractivity contribution is -0.161. The predicted molar refractivity (Wildman–Crippen MR) is 180 cm³/mol. The summed E-state index contributed by atoms with van der Waals surface area (Å²) in [5.41, 5.74) is 0.919. The summed E-state index contributed by atoms with van der Waals surface area (Å²) in [7, 11) is 0. The first-order chi connectivity index (χ1) is 23.2. The highest BCUT2D eigenvalue weighted by Crippen LogP contribution is 2.56. The quantitative estimate of drug-likeness (QED) is 0.344. The van der Waals surface area contributed by atoms with Crippen LogP contribution in [-0.2, 0) is 28.7 Å². The largest absolute Gasteiger partial charge is 0.455 e. The van der Waals surface area contributed by atoms with E-state index in [9.17, 15) is 24.3 Å². The smallest absolute Gasteiger partial charge is 0.313 e.